The third-order valence-electron chi connectivity index (χ3n) is 3.06. The SMILES string of the molecule is O=C(Oc1ccc(-c2ccc(F)cc2)nn1)c1ccc(F)cc1. The molecule has 0 N–H and O–H groups in total. The topological polar surface area (TPSA) is 52.1 Å². The summed E-state index contributed by atoms with van der Waals surface area (Å²) in [5.41, 5.74) is 1.41. The van der Waals surface area contributed by atoms with Crippen molar-refractivity contribution in [2.45, 2.75) is 0 Å². The van der Waals surface area contributed by atoms with Crippen LogP contribution in [0, 0.1) is 11.6 Å². The fourth-order valence-electron chi connectivity index (χ4n) is 1.89. The number of hydrogen-bond acceptors (Lipinski definition) is 4. The Morgan fingerprint density at radius 1 is 0.783 bits per heavy atom. The summed E-state index contributed by atoms with van der Waals surface area (Å²) in [7, 11) is 0. The monoisotopic (exact) mass is 312 g/mol. The van der Waals surface area contributed by atoms with Gasteiger partial charge in [-0.1, -0.05) is 0 Å². The van der Waals surface area contributed by atoms with E-state index in [1.807, 2.05) is 0 Å². The molecule has 0 aliphatic carbocycles. The second-order valence-corrected chi connectivity index (χ2v) is 4.66. The summed E-state index contributed by atoms with van der Waals surface area (Å²) in [6, 6.07) is 13.8. The van der Waals surface area contributed by atoms with Crippen molar-refractivity contribution in [2.75, 3.05) is 0 Å². The van der Waals surface area contributed by atoms with Crippen LogP contribution in [0.3, 0.4) is 0 Å². The number of ether oxygens (including phenoxy) is 1. The molecule has 23 heavy (non-hydrogen) atoms. The summed E-state index contributed by atoms with van der Waals surface area (Å²) in [5, 5.41) is 7.73. The fraction of sp³-hybridized carbons (Fsp3) is 0. The number of esters is 1. The average molecular weight is 312 g/mol. The predicted octanol–water partition coefficient (Wildman–Crippen LogP) is 3.64. The first-order valence-corrected chi connectivity index (χ1v) is 6.69. The average Bonchev–Trinajstić information content (AvgIpc) is 2.57. The van der Waals surface area contributed by atoms with Crippen molar-refractivity contribution in [3.05, 3.63) is 77.9 Å². The van der Waals surface area contributed by atoms with Crippen LogP contribution in [-0.4, -0.2) is 16.2 Å². The van der Waals surface area contributed by atoms with E-state index in [1.54, 1.807) is 18.2 Å². The van der Waals surface area contributed by atoms with Crippen molar-refractivity contribution >= 4 is 5.97 Å². The Labute approximate surface area is 130 Å². The molecule has 0 unspecified atom stereocenters. The number of hydrogen-bond donors (Lipinski definition) is 0. The van der Waals surface area contributed by atoms with Gasteiger partial charge in [0.1, 0.15) is 11.6 Å². The zero-order chi connectivity index (χ0) is 16.2. The zero-order valence-corrected chi connectivity index (χ0v) is 11.7. The number of carbonyl (C=O) groups is 1. The molecule has 0 bridgehead atoms. The maximum absolute atomic E-state index is 12.9. The summed E-state index contributed by atoms with van der Waals surface area (Å²) in [5.74, 6) is -1.42. The van der Waals surface area contributed by atoms with Crippen LogP contribution >= 0.6 is 0 Å². The quantitative estimate of drug-likeness (QED) is 0.693. The molecule has 6 heteroatoms. The van der Waals surface area contributed by atoms with Crippen LogP contribution in [0.15, 0.2) is 60.7 Å². The molecule has 114 valence electrons. The Morgan fingerprint density at radius 3 is 1.96 bits per heavy atom. The van der Waals surface area contributed by atoms with Gasteiger partial charge in [0.2, 0.25) is 5.88 Å². The molecule has 3 aromatic rings. The van der Waals surface area contributed by atoms with Crippen molar-refractivity contribution < 1.29 is 18.3 Å². The number of aromatic nitrogens is 2. The van der Waals surface area contributed by atoms with Crippen molar-refractivity contribution in [1.82, 2.24) is 10.2 Å². The van der Waals surface area contributed by atoms with E-state index in [0.29, 0.717) is 11.3 Å². The Hall–Kier alpha value is -3.15. The first-order chi connectivity index (χ1) is 11.1. The molecule has 3 rings (SSSR count). The molecular weight excluding hydrogens is 302 g/mol. The molecule has 0 radical (unpaired) electrons. The molecule has 0 aliphatic rings. The number of nitrogens with zero attached hydrogens (tertiary/aromatic N) is 2. The maximum Gasteiger partial charge on any atom is 0.344 e. The lowest BCUT2D eigenvalue weighted by Crippen LogP contribution is -2.09. The highest BCUT2D eigenvalue weighted by molar-refractivity contribution is 5.90. The van der Waals surface area contributed by atoms with E-state index in [0.717, 1.165) is 0 Å². The van der Waals surface area contributed by atoms with Gasteiger partial charge in [0.05, 0.1) is 11.3 Å². The second kappa shape index (κ2) is 6.31. The van der Waals surface area contributed by atoms with Gasteiger partial charge in [0.15, 0.2) is 0 Å². The Bertz CT molecular complexity index is 817. The minimum atomic E-state index is -0.658. The molecule has 0 fully saturated rings. The molecule has 1 aromatic heterocycles. The molecule has 0 spiro atoms. The lowest BCUT2D eigenvalue weighted by Gasteiger charge is -2.04. The lowest BCUT2D eigenvalue weighted by atomic mass is 10.1. The number of benzene rings is 2. The Morgan fingerprint density at radius 2 is 1.39 bits per heavy atom. The van der Waals surface area contributed by atoms with Crippen LogP contribution in [0.4, 0.5) is 8.78 Å². The summed E-state index contributed by atoms with van der Waals surface area (Å²) < 4.78 is 30.7. The van der Waals surface area contributed by atoms with Gasteiger partial charge in [-0.3, -0.25) is 0 Å². The number of halogens is 2. The van der Waals surface area contributed by atoms with E-state index in [-0.39, 0.29) is 17.3 Å². The molecule has 2 aromatic carbocycles. The van der Waals surface area contributed by atoms with E-state index < -0.39 is 11.8 Å². The Balaban J connectivity index is 1.73. The van der Waals surface area contributed by atoms with Gasteiger partial charge < -0.3 is 4.74 Å². The molecule has 4 nitrogen and oxygen atoms in total. The lowest BCUT2D eigenvalue weighted by molar-refractivity contribution is 0.0726. The van der Waals surface area contributed by atoms with Crippen molar-refractivity contribution in [1.29, 1.82) is 0 Å². The predicted molar refractivity (Wildman–Crippen MR) is 78.8 cm³/mol. The van der Waals surface area contributed by atoms with E-state index >= 15 is 0 Å². The molecule has 0 saturated carbocycles. The minimum absolute atomic E-state index is 0.0187. The second-order valence-electron chi connectivity index (χ2n) is 4.66. The summed E-state index contributed by atoms with van der Waals surface area (Å²) in [6.07, 6.45) is 0. The van der Waals surface area contributed by atoms with Crippen LogP contribution in [-0.2, 0) is 0 Å². The van der Waals surface area contributed by atoms with Gasteiger partial charge in [0.25, 0.3) is 0 Å². The van der Waals surface area contributed by atoms with E-state index in [2.05, 4.69) is 10.2 Å². The van der Waals surface area contributed by atoms with Crippen molar-refractivity contribution in [3.8, 4) is 17.1 Å². The van der Waals surface area contributed by atoms with Crippen LogP contribution < -0.4 is 4.74 Å². The largest absolute Gasteiger partial charge is 0.402 e. The maximum atomic E-state index is 12.9. The molecule has 0 saturated heterocycles. The van der Waals surface area contributed by atoms with E-state index in [4.69, 9.17) is 4.74 Å². The van der Waals surface area contributed by atoms with Crippen LogP contribution in [0.25, 0.3) is 11.3 Å². The smallest absolute Gasteiger partial charge is 0.344 e. The van der Waals surface area contributed by atoms with Gasteiger partial charge in [-0.05, 0) is 54.6 Å². The third kappa shape index (κ3) is 3.55. The van der Waals surface area contributed by atoms with Crippen molar-refractivity contribution in [2.24, 2.45) is 0 Å². The third-order valence-corrected chi connectivity index (χ3v) is 3.06. The van der Waals surface area contributed by atoms with E-state index in [1.165, 1.54) is 42.5 Å². The van der Waals surface area contributed by atoms with Gasteiger partial charge in [-0.2, -0.15) is 0 Å². The standard InChI is InChI=1S/C17H10F2N2O2/c18-13-5-1-11(2-6-13)15-9-10-16(21-20-15)23-17(22)12-3-7-14(19)8-4-12/h1-10H. The number of carbonyl (C=O) groups excluding carboxylic acids is 1. The van der Waals surface area contributed by atoms with Gasteiger partial charge >= 0.3 is 5.97 Å². The molecular formula is C17H10F2N2O2. The van der Waals surface area contributed by atoms with E-state index in [9.17, 15) is 13.6 Å². The molecule has 0 atom stereocenters. The fourth-order valence-corrected chi connectivity index (χ4v) is 1.89. The molecule has 0 amide bonds. The highest BCUT2D eigenvalue weighted by Crippen LogP contribution is 2.18. The van der Waals surface area contributed by atoms with Gasteiger partial charge in [-0.25, -0.2) is 13.6 Å². The van der Waals surface area contributed by atoms with Gasteiger partial charge in [-0.15, -0.1) is 10.2 Å². The molecule has 1 heterocycles. The molecule has 0 aliphatic heterocycles. The zero-order valence-electron chi connectivity index (χ0n) is 11.7. The van der Waals surface area contributed by atoms with Gasteiger partial charge in [0, 0.05) is 11.6 Å². The number of rotatable bonds is 3. The first kappa shape index (κ1) is 14.8. The normalized spacial score (nSPS) is 10.3. The van der Waals surface area contributed by atoms with Crippen LogP contribution in [0.5, 0.6) is 5.88 Å². The highest BCUT2D eigenvalue weighted by Gasteiger charge is 2.10. The summed E-state index contributed by atoms with van der Waals surface area (Å²) >= 11 is 0. The minimum Gasteiger partial charge on any atom is -0.402 e. The summed E-state index contributed by atoms with van der Waals surface area (Å²) in [6.45, 7) is 0. The van der Waals surface area contributed by atoms with Crippen LogP contribution in [0.1, 0.15) is 10.4 Å². The summed E-state index contributed by atoms with van der Waals surface area (Å²) in [4.78, 5) is 11.9. The first-order valence-electron chi connectivity index (χ1n) is 6.69. The van der Waals surface area contributed by atoms with Crippen LogP contribution in [0.2, 0.25) is 0 Å². The van der Waals surface area contributed by atoms with Crippen molar-refractivity contribution in [3.63, 3.8) is 0 Å². The Kier molecular flexibility index (Phi) is 4.05. The highest BCUT2D eigenvalue weighted by atomic mass is 19.1.